The van der Waals surface area contributed by atoms with Crippen LogP contribution in [0.2, 0.25) is 0 Å². The Balaban J connectivity index is 1.56. The van der Waals surface area contributed by atoms with Crippen LogP contribution in [0, 0.1) is 18.3 Å². The molecule has 0 aromatic carbocycles. The molecule has 0 saturated carbocycles. The molecular formula is C17H18N2O5S. The van der Waals surface area contributed by atoms with Crippen LogP contribution >= 0.6 is 11.3 Å². The van der Waals surface area contributed by atoms with Crippen LogP contribution in [-0.2, 0) is 9.53 Å². The fraction of sp³-hybridized carbons (Fsp3) is 0.471. The maximum atomic E-state index is 12.8. The highest BCUT2D eigenvalue weighted by atomic mass is 32.1. The number of furan rings is 1. The highest BCUT2D eigenvalue weighted by Gasteiger charge is 2.55. The third kappa shape index (κ3) is 2.65. The Bertz CT molecular complexity index is 829. The fourth-order valence-corrected chi connectivity index (χ4v) is 4.40. The van der Waals surface area contributed by atoms with E-state index >= 15 is 0 Å². The van der Waals surface area contributed by atoms with Gasteiger partial charge in [-0.05, 0) is 25.5 Å². The molecule has 2 saturated heterocycles. The minimum absolute atomic E-state index is 0.173. The Hall–Kier alpha value is -2.19. The number of thiazole rings is 1. The SMILES string of the molecule is Cc1ccc(-c2nc(C(=O)N3C[C@H]4COCC[C@@]4(C(=O)O)C3)cs2)o1. The number of carbonyl (C=O) groups is 2. The molecule has 2 fully saturated rings. The average molecular weight is 362 g/mol. The average Bonchev–Trinajstić information content (AvgIpc) is 3.31. The van der Waals surface area contributed by atoms with Gasteiger partial charge in [-0.2, -0.15) is 0 Å². The number of carboxylic acid groups (broad SMARTS) is 1. The zero-order valence-electron chi connectivity index (χ0n) is 13.7. The lowest BCUT2D eigenvalue weighted by molar-refractivity contribution is -0.157. The molecule has 7 nitrogen and oxygen atoms in total. The molecule has 132 valence electrons. The first-order valence-corrected chi connectivity index (χ1v) is 9.00. The second-order valence-corrected chi connectivity index (χ2v) is 7.48. The maximum Gasteiger partial charge on any atom is 0.311 e. The summed E-state index contributed by atoms with van der Waals surface area (Å²) in [7, 11) is 0. The highest BCUT2D eigenvalue weighted by molar-refractivity contribution is 7.13. The van der Waals surface area contributed by atoms with Crippen molar-refractivity contribution in [2.24, 2.45) is 11.3 Å². The van der Waals surface area contributed by atoms with Crippen LogP contribution in [0.4, 0.5) is 0 Å². The molecule has 4 heterocycles. The summed E-state index contributed by atoms with van der Waals surface area (Å²) in [5.41, 5.74) is -0.570. The molecule has 4 rings (SSSR count). The van der Waals surface area contributed by atoms with Crippen molar-refractivity contribution in [2.45, 2.75) is 13.3 Å². The van der Waals surface area contributed by atoms with Gasteiger partial charge in [-0.3, -0.25) is 9.59 Å². The van der Waals surface area contributed by atoms with Gasteiger partial charge in [0.15, 0.2) is 10.8 Å². The van der Waals surface area contributed by atoms with Crippen LogP contribution in [0.3, 0.4) is 0 Å². The number of carboxylic acids is 1. The van der Waals surface area contributed by atoms with Gasteiger partial charge in [-0.1, -0.05) is 0 Å². The minimum atomic E-state index is -0.898. The van der Waals surface area contributed by atoms with Crippen LogP contribution < -0.4 is 0 Å². The van der Waals surface area contributed by atoms with Crippen LogP contribution in [0.5, 0.6) is 0 Å². The van der Waals surface area contributed by atoms with Gasteiger partial charge in [0, 0.05) is 31.0 Å². The Labute approximate surface area is 148 Å². The topological polar surface area (TPSA) is 92.9 Å². The molecular weight excluding hydrogens is 344 g/mol. The monoisotopic (exact) mass is 362 g/mol. The fourth-order valence-electron chi connectivity index (χ4n) is 3.65. The van der Waals surface area contributed by atoms with E-state index in [2.05, 4.69) is 4.98 Å². The number of hydrogen-bond donors (Lipinski definition) is 1. The van der Waals surface area contributed by atoms with Crippen LogP contribution in [0.15, 0.2) is 21.9 Å². The predicted octanol–water partition coefficient (Wildman–Crippen LogP) is 2.27. The van der Waals surface area contributed by atoms with Crippen molar-refractivity contribution < 1.29 is 23.8 Å². The molecule has 0 spiro atoms. The number of aliphatic carboxylic acids is 1. The first-order valence-electron chi connectivity index (χ1n) is 8.12. The van der Waals surface area contributed by atoms with Gasteiger partial charge >= 0.3 is 5.97 Å². The minimum Gasteiger partial charge on any atom is -0.481 e. The molecule has 1 N–H and O–H groups in total. The summed E-state index contributed by atoms with van der Waals surface area (Å²) in [6.07, 6.45) is 0.435. The third-order valence-electron chi connectivity index (χ3n) is 5.09. The maximum absolute atomic E-state index is 12.8. The largest absolute Gasteiger partial charge is 0.481 e. The van der Waals surface area contributed by atoms with Crippen LogP contribution in [-0.4, -0.2) is 53.2 Å². The van der Waals surface area contributed by atoms with Gasteiger partial charge in [0.05, 0.1) is 12.0 Å². The Kier molecular flexibility index (Phi) is 3.88. The number of likely N-dealkylation sites (tertiary alicyclic amines) is 1. The zero-order chi connectivity index (χ0) is 17.6. The summed E-state index contributed by atoms with van der Waals surface area (Å²) < 4.78 is 11.0. The van der Waals surface area contributed by atoms with E-state index in [1.54, 1.807) is 10.3 Å². The zero-order valence-corrected chi connectivity index (χ0v) is 14.5. The lowest BCUT2D eigenvalue weighted by Crippen LogP contribution is -2.45. The quantitative estimate of drug-likeness (QED) is 0.900. The lowest BCUT2D eigenvalue weighted by Gasteiger charge is -2.33. The predicted molar refractivity (Wildman–Crippen MR) is 89.5 cm³/mol. The van der Waals surface area contributed by atoms with Crippen molar-refractivity contribution in [3.63, 3.8) is 0 Å². The number of aromatic nitrogens is 1. The van der Waals surface area contributed by atoms with E-state index in [1.165, 1.54) is 11.3 Å². The molecule has 2 aromatic rings. The lowest BCUT2D eigenvalue weighted by atomic mass is 9.74. The van der Waals surface area contributed by atoms with E-state index in [0.29, 0.717) is 42.6 Å². The Morgan fingerprint density at radius 2 is 2.28 bits per heavy atom. The van der Waals surface area contributed by atoms with Crippen LogP contribution in [0.1, 0.15) is 22.7 Å². The van der Waals surface area contributed by atoms with Crippen LogP contribution in [0.25, 0.3) is 10.8 Å². The van der Waals surface area contributed by atoms with Crippen molar-refractivity contribution >= 4 is 23.2 Å². The summed E-state index contributed by atoms with van der Waals surface area (Å²) in [5.74, 6) is 0.160. The number of aryl methyl sites for hydroxylation is 1. The first kappa shape index (κ1) is 16.3. The van der Waals surface area contributed by atoms with E-state index in [4.69, 9.17) is 9.15 Å². The van der Waals surface area contributed by atoms with Gasteiger partial charge < -0.3 is 19.2 Å². The van der Waals surface area contributed by atoms with Crippen molar-refractivity contribution in [3.8, 4) is 10.8 Å². The summed E-state index contributed by atoms with van der Waals surface area (Å²) in [4.78, 5) is 30.6. The van der Waals surface area contributed by atoms with Crippen molar-refractivity contribution in [2.75, 3.05) is 26.3 Å². The molecule has 8 heteroatoms. The third-order valence-corrected chi connectivity index (χ3v) is 5.95. The number of nitrogens with zero attached hydrogens (tertiary/aromatic N) is 2. The van der Waals surface area contributed by atoms with Gasteiger partial charge in [-0.15, -0.1) is 11.3 Å². The smallest absolute Gasteiger partial charge is 0.311 e. The molecule has 1 amide bonds. The number of fused-ring (bicyclic) bond motifs is 1. The molecule has 0 aliphatic carbocycles. The van der Waals surface area contributed by atoms with E-state index in [9.17, 15) is 14.7 Å². The van der Waals surface area contributed by atoms with Gasteiger partial charge in [-0.25, -0.2) is 4.98 Å². The van der Waals surface area contributed by atoms with Gasteiger partial charge in [0.1, 0.15) is 11.5 Å². The molecule has 2 atom stereocenters. The molecule has 25 heavy (non-hydrogen) atoms. The molecule has 2 aromatic heterocycles. The number of rotatable bonds is 3. The first-order chi connectivity index (χ1) is 12.0. The second-order valence-electron chi connectivity index (χ2n) is 6.62. The summed E-state index contributed by atoms with van der Waals surface area (Å²) in [6, 6.07) is 3.67. The number of ether oxygens (including phenoxy) is 1. The number of hydrogen-bond acceptors (Lipinski definition) is 6. The van der Waals surface area contributed by atoms with E-state index in [-0.39, 0.29) is 18.4 Å². The normalized spacial score (nSPS) is 25.8. The molecule has 0 unspecified atom stereocenters. The molecule has 2 aliphatic rings. The second kappa shape index (κ2) is 5.96. The van der Waals surface area contributed by atoms with E-state index in [1.807, 2.05) is 19.1 Å². The summed E-state index contributed by atoms with van der Waals surface area (Å²) in [6.45, 7) is 3.25. The van der Waals surface area contributed by atoms with E-state index in [0.717, 1.165) is 5.76 Å². The number of carbonyl (C=O) groups excluding carboxylic acids is 1. The van der Waals surface area contributed by atoms with Crippen molar-refractivity contribution in [1.29, 1.82) is 0 Å². The molecule has 2 aliphatic heterocycles. The molecule has 0 radical (unpaired) electrons. The molecule has 0 bridgehead atoms. The van der Waals surface area contributed by atoms with E-state index < -0.39 is 11.4 Å². The van der Waals surface area contributed by atoms with Crippen molar-refractivity contribution in [3.05, 3.63) is 29.0 Å². The van der Waals surface area contributed by atoms with Crippen molar-refractivity contribution in [1.82, 2.24) is 9.88 Å². The Morgan fingerprint density at radius 1 is 1.44 bits per heavy atom. The summed E-state index contributed by atoms with van der Waals surface area (Å²) in [5, 5.41) is 12.0. The van der Waals surface area contributed by atoms with Gasteiger partial charge in [0.25, 0.3) is 5.91 Å². The van der Waals surface area contributed by atoms with Gasteiger partial charge in [0.2, 0.25) is 0 Å². The highest BCUT2D eigenvalue weighted by Crippen LogP contribution is 2.43. The summed E-state index contributed by atoms with van der Waals surface area (Å²) >= 11 is 1.34. The number of amides is 1. The standard InChI is InChI=1S/C17H18N2O5S/c1-10-2-3-13(24-10)14-18-12(8-25-14)15(20)19-6-11-7-23-5-4-17(11,9-19)16(21)22/h2-3,8,11H,4-7,9H2,1H3,(H,21,22)/t11-,17+/m0/s1. The Morgan fingerprint density at radius 3 is 2.96 bits per heavy atom.